The van der Waals surface area contributed by atoms with E-state index in [0.717, 1.165) is 11.3 Å². The number of carbonyl (C=O) groups excluding carboxylic acids is 1. The molecule has 0 spiro atoms. The summed E-state index contributed by atoms with van der Waals surface area (Å²) in [6.45, 7) is 2.04. The standard InChI is InChI=1S/C23H22N4O5S/c1-14(20-25-26-21(32-20)15-8-10-16(30-2)11-9-15)33-23-24-18-7-5-4-6-17(18)22(29)27(23)13-12-19(28)31-3/h4-11,14H,12-13H2,1-3H3. The summed E-state index contributed by atoms with van der Waals surface area (Å²) in [7, 11) is 2.92. The van der Waals surface area contributed by atoms with Crippen LogP contribution in [0.1, 0.15) is 24.5 Å². The second kappa shape index (κ2) is 9.86. The van der Waals surface area contributed by atoms with Gasteiger partial charge in [0.2, 0.25) is 11.8 Å². The van der Waals surface area contributed by atoms with E-state index in [4.69, 9.17) is 13.9 Å². The van der Waals surface area contributed by atoms with E-state index in [0.29, 0.717) is 27.8 Å². The molecule has 9 nitrogen and oxygen atoms in total. The molecule has 0 saturated carbocycles. The second-order valence-electron chi connectivity index (χ2n) is 7.13. The van der Waals surface area contributed by atoms with Crippen LogP contribution in [-0.4, -0.2) is 39.9 Å². The van der Waals surface area contributed by atoms with Crippen LogP contribution in [0.3, 0.4) is 0 Å². The highest BCUT2D eigenvalue weighted by Gasteiger charge is 2.21. The fourth-order valence-corrected chi connectivity index (χ4v) is 4.16. The van der Waals surface area contributed by atoms with Gasteiger partial charge in [-0.2, -0.15) is 0 Å². The molecule has 4 aromatic rings. The summed E-state index contributed by atoms with van der Waals surface area (Å²) in [5.74, 6) is 1.11. The Hall–Kier alpha value is -3.66. The van der Waals surface area contributed by atoms with Crippen molar-refractivity contribution in [3.8, 4) is 17.2 Å². The number of nitrogens with zero attached hydrogens (tertiary/aromatic N) is 4. The smallest absolute Gasteiger partial charge is 0.307 e. The van der Waals surface area contributed by atoms with Crippen LogP contribution in [0.2, 0.25) is 0 Å². The van der Waals surface area contributed by atoms with Crippen LogP contribution in [0.15, 0.2) is 62.9 Å². The number of methoxy groups -OCH3 is 2. The largest absolute Gasteiger partial charge is 0.497 e. The van der Waals surface area contributed by atoms with Crippen LogP contribution in [0, 0.1) is 0 Å². The fourth-order valence-electron chi connectivity index (χ4n) is 3.20. The molecule has 0 aliphatic heterocycles. The van der Waals surface area contributed by atoms with Crippen LogP contribution >= 0.6 is 11.8 Å². The minimum atomic E-state index is -0.403. The van der Waals surface area contributed by atoms with Crippen LogP contribution in [0.5, 0.6) is 5.75 Å². The molecule has 1 atom stereocenters. The third-order valence-electron chi connectivity index (χ3n) is 5.00. The Morgan fingerprint density at radius 2 is 1.88 bits per heavy atom. The Morgan fingerprint density at radius 1 is 1.12 bits per heavy atom. The Balaban J connectivity index is 1.63. The monoisotopic (exact) mass is 466 g/mol. The van der Waals surface area contributed by atoms with Crippen molar-refractivity contribution in [2.45, 2.75) is 30.3 Å². The van der Waals surface area contributed by atoms with Crippen LogP contribution < -0.4 is 10.3 Å². The first kappa shape index (κ1) is 22.5. The molecule has 2 aromatic carbocycles. The SMILES string of the molecule is COC(=O)CCn1c(SC(C)c2nnc(-c3ccc(OC)cc3)o2)nc2ccccc2c1=O. The number of hydrogen-bond donors (Lipinski definition) is 0. The molecule has 10 heteroatoms. The van der Waals surface area contributed by atoms with Gasteiger partial charge in [0, 0.05) is 12.1 Å². The molecule has 33 heavy (non-hydrogen) atoms. The first-order valence-corrected chi connectivity index (χ1v) is 11.1. The average molecular weight is 467 g/mol. The van der Waals surface area contributed by atoms with E-state index < -0.39 is 5.97 Å². The Labute approximate surface area is 193 Å². The van der Waals surface area contributed by atoms with Crippen molar-refractivity contribution in [2.75, 3.05) is 14.2 Å². The molecule has 170 valence electrons. The molecule has 0 radical (unpaired) electrons. The lowest BCUT2D eigenvalue weighted by Crippen LogP contribution is -2.25. The van der Waals surface area contributed by atoms with E-state index in [1.807, 2.05) is 37.3 Å². The normalized spacial score (nSPS) is 12.0. The lowest BCUT2D eigenvalue weighted by molar-refractivity contribution is -0.140. The quantitative estimate of drug-likeness (QED) is 0.217. The average Bonchev–Trinajstić information content (AvgIpc) is 3.34. The molecular formula is C23H22N4O5S. The van der Waals surface area contributed by atoms with Crippen LogP contribution in [-0.2, 0) is 16.1 Å². The van der Waals surface area contributed by atoms with Crippen molar-refractivity contribution in [2.24, 2.45) is 0 Å². The number of carbonyl (C=O) groups is 1. The van der Waals surface area contributed by atoms with E-state index in [1.54, 1.807) is 25.3 Å². The molecule has 2 aromatic heterocycles. The number of ether oxygens (including phenoxy) is 2. The maximum atomic E-state index is 13.1. The lowest BCUT2D eigenvalue weighted by Gasteiger charge is -2.14. The summed E-state index contributed by atoms with van der Waals surface area (Å²) in [5, 5.41) is 8.97. The molecule has 0 amide bonds. The Morgan fingerprint density at radius 3 is 2.61 bits per heavy atom. The minimum absolute atomic E-state index is 0.0561. The number of rotatable bonds is 8. The number of aromatic nitrogens is 4. The van der Waals surface area contributed by atoms with Gasteiger partial charge >= 0.3 is 5.97 Å². The van der Waals surface area contributed by atoms with E-state index in [1.165, 1.54) is 23.4 Å². The topological polar surface area (TPSA) is 109 Å². The summed E-state index contributed by atoms with van der Waals surface area (Å²) in [6, 6.07) is 14.4. The van der Waals surface area contributed by atoms with Gasteiger partial charge in [-0.3, -0.25) is 14.2 Å². The van der Waals surface area contributed by atoms with E-state index in [-0.39, 0.29) is 23.8 Å². The molecule has 1 unspecified atom stereocenters. The second-order valence-corrected chi connectivity index (χ2v) is 8.44. The summed E-state index contributed by atoms with van der Waals surface area (Å²) in [6.07, 6.45) is 0.0561. The number of esters is 1. The highest BCUT2D eigenvalue weighted by Crippen LogP contribution is 2.34. The van der Waals surface area contributed by atoms with Crippen molar-refractivity contribution in [1.82, 2.24) is 19.7 Å². The lowest BCUT2D eigenvalue weighted by atomic mass is 10.2. The predicted molar refractivity (Wildman–Crippen MR) is 123 cm³/mol. The molecule has 0 N–H and O–H groups in total. The Bertz CT molecular complexity index is 1330. The predicted octanol–water partition coefficient (Wildman–Crippen LogP) is 3.87. The highest BCUT2D eigenvalue weighted by atomic mass is 32.2. The number of thioether (sulfide) groups is 1. The maximum Gasteiger partial charge on any atom is 0.307 e. The van der Waals surface area contributed by atoms with Crippen molar-refractivity contribution in [3.63, 3.8) is 0 Å². The third kappa shape index (κ3) is 4.90. The molecule has 0 bridgehead atoms. The molecule has 0 fully saturated rings. The summed E-state index contributed by atoms with van der Waals surface area (Å²) < 4.78 is 17.3. The summed E-state index contributed by atoms with van der Waals surface area (Å²) in [5.41, 5.74) is 1.13. The van der Waals surface area contributed by atoms with Gasteiger partial charge in [0.1, 0.15) is 5.75 Å². The van der Waals surface area contributed by atoms with Crippen molar-refractivity contribution < 1.29 is 18.7 Å². The maximum absolute atomic E-state index is 13.1. The minimum Gasteiger partial charge on any atom is -0.497 e. The zero-order valence-corrected chi connectivity index (χ0v) is 19.2. The van der Waals surface area contributed by atoms with E-state index in [9.17, 15) is 9.59 Å². The van der Waals surface area contributed by atoms with Gasteiger partial charge in [0.25, 0.3) is 5.56 Å². The van der Waals surface area contributed by atoms with Gasteiger partial charge in [0.15, 0.2) is 5.16 Å². The van der Waals surface area contributed by atoms with E-state index in [2.05, 4.69) is 15.2 Å². The molecular weight excluding hydrogens is 444 g/mol. The van der Waals surface area contributed by atoms with Crippen molar-refractivity contribution >= 4 is 28.6 Å². The first-order valence-electron chi connectivity index (χ1n) is 10.2. The van der Waals surface area contributed by atoms with Gasteiger partial charge in [-0.25, -0.2) is 4.98 Å². The highest BCUT2D eigenvalue weighted by molar-refractivity contribution is 7.99. The number of benzene rings is 2. The number of para-hydroxylation sites is 1. The molecule has 0 aliphatic carbocycles. The molecule has 0 saturated heterocycles. The zero-order valence-electron chi connectivity index (χ0n) is 18.3. The Kier molecular flexibility index (Phi) is 6.74. The fraction of sp³-hybridized carbons (Fsp3) is 0.261. The van der Waals surface area contributed by atoms with Gasteiger partial charge in [-0.05, 0) is 43.3 Å². The molecule has 0 aliphatic rings. The third-order valence-corrected chi connectivity index (χ3v) is 6.08. The summed E-state index contributed by atoms with van der Waals surface area (Å²) >= 11 is 1.31. The van der Waals surface area contributed by atoms with Gasteiger partial charge in [-0.1, -0.05) is 23.9 Å². The van der Waals surface area contributed by atoms with Gasteiger partial charge in [-0.15, -0.1) is 10.2 Å². The first-order chi connectivity index (χ1) is 16.0. The number of hydrogen-bond acceptors (Lipinski definition) is 9. The molecule has 4 rings (SSSR count). The van der Waals surface area contributed by atoms with Crippen molar-refractivity contribution in [3.05, 3.63) is 64.8 Å². The van der Waals surface area contributed by atoms with Gasteiger partial charge in [0.05, 0.1) is 36.8 Å². The summed E-state index contributed by atoms with van der Waals surface area (Å²) in [4.78, 5) is 29.5. The van der Waals surface area contributed by atoms with Crippen LogP contribution in [0.25, 0.3) is 22.4 Å². The zero-order chi connectivity index (χ0) is 23.4. The van der Waals surface area contributed by atoms with Crippen molar-refractivity contribution in [1.29, 1.82) is 0 Å². The van der Waals surface area contributed by atoms with Crippen LogP contribution in [0.4, 0.5) is 0 Å². The van der Waals surface area contributed by atoms with E-state index >= 15 is 0 Å². The number of fused-ring (bicyclic) bond motifs is 1. The molecule has 2 heterocycles. The van der Waals surface area contributed by atoms with Gasteiger partial charge < -0.3 is 13.9 Å².